The van der Waals surface area contributed by atoms with Gasteiger partial charge in [0.05, 0.1) is 38.0 Å². The van der Waals surface area contributed by atoms with Crippen molar-refractivity contribution in [3.05, 3.63) is 81.9 Å². The van der Waals surface area contributed by atoms with Crippen LogP contribution >= 0.6 is 11.6 Å². The van der Waals surface area contributed by atoms with Gasteiger partial charge in [-0.2, -0.15) is 0 Å². The van der Waals surface area contributed by atoms with E-state index in [1.54, 1.807) is 56.3 Å². The standard InChI is InChI=1S/C28H26ClNO7/c1-5-37-23-12-16(7-10-21(23)31)25-24(26(32)19-14-18(35-3)9-11-22(19)36-4)27(33)28(34)30(25)20-13-17(29)8-6-15(20)2/h6-14,25,31-32H,5H2,1-4H3/b26-24+. The van der Waals surface area contributed by atoms with Crippen molar-refractivity contribution in [2.24, 2.45) is 0 Å². The van der Waals surface area contributed by atoms with Crippen LogP contribution in [0.5, 0.6) is 23.0 Å². The van der Waals surface area contributed by atoms with Gasteiger partial charge < -0.3 is 24.4 Å². The zero-order chi connectivity index (χ0) is 26.9. The Bertz CT molecular complexity index is 1420. The Labute approximate surface area is 219 Å². The molecule has 0 saturated carbocycles. The molecule has 0 radical (unpaired) electrons. The van der Waals surface area contributed by atoms with E-state index >= 15 is 0 Å². The zero-order valence-electron chi connectivity index (χ0n) is 20.7. The van der Waals surface area contributed by atoms with Crippen LogP contribution in [0.15, 0.2) is 60.2 Å². The number of amides is 1. The number of ether oxygens (including phenoxy) is 3. The first-order chi connectivity index (χ1) is 17.7. The Hall–Kier alpha value is -4.17. The lowest BCUT2D eigenvalue weighted by Crippen LogP contribution is -2.30. The number of nitrogens with zero attached hydrogens (tertiary/aromatic N) is 1. The molecule has 8 nitrogen and oxygen atoms in total. The summed E-state index contributed by atoms with van der Waals surface area (Å²) in [5.41, 5.74) is 1.55. The predicted molar refractivity (Wildman–Crippen MR) is 140 cm³/mol. The topological polar surface area (TPSA) is 106 Å². The molecule has 3 aromatic carbocycles. The highest BCUT2D eigenvalue weighted by Gasteiger charge is 2.48. The largest absolute Gasteiger partial charge is 0.507 e. The van der Waals surface area contributed by atoms with Gasteiger partial charge in [0.2, 0.25) is 0 Å². The molecule has 1 unspecified atom stereocenters. The highest BCUT2D eigenvalue weighted by molar-refractivity contribution is 6.52. The van der Waals surface area contributed by atoms with Crippen molar-refractivity contribution in [3.8, 4) is 23.0 Å². The summed E-state index contributed by atoms with van der Waals surface area (Å²) in [6.07, 6.45) is 0. The van der Waals surface area contributed by atoms with Gasteiger partial charge in [-0.05, 0) is 67.4 Å². The minimum Gasteiger partial charge on any atom is -0.507 e. The average molecular weight is 524 g/mol. The summed E-state index contributed by atoms with van der Waals surface area (Å²) in [4.78, 5) is 28.3. The summed E-state index contributed by atoms with van der Waals surface area (Å²) >= 11 is 6.26. The fraction of sp³-hybridized carbons (Fsp3) is 0.214. The van der Waals surface area contributed by atoms with E-state index in [4.69, 9.17) is 25.8 Å². The van der Waals surface area contributed by atoms with Crippen molar-refractivity contribution in [2.45, 2.75) is 19.9 Å². The third-order valence-electron chi connectivity index (χ3n) is 6.14. The van der Waals surface area contributed by atoms with Crippen molar-refractivity contribution in [3.63, 3.8) is 0 Å². The smallest absolute Gasteiger partial charge is 0.300 e. The normalized spacial score (nSPS) is 16.7. The molecule has 0 spiro atoms. The minimum atomic E-state index is -1.06. The SMILES string of the molecule is CCOc1cc(C2/C(=C(\O)c3cc(OC)ccc3OC)C(=O)C(=O)N2c2cc(Cl)ccc2C)ccc1O. The lowest BCUT2D eigenvalue weighted by molar-refractivity contribution is -0.132. The molecule has 1 aliphatic rings. The molecule has 0 aliphatic carbocycles. The number of phenols is 1. The lowest BCUT2D eigenvalue weighted by atomic mass is 9.94. The van der Waals surface area contributed by atoms with Gasteiger partial charge in [0.1, 0.15) is 17.3 Å². The van der Waals surface area contributed by atoms with E-state index in [2.05, 4.69) is 0 Å². The first kappa shape index (κ1) is 25.9. The van der Waals surface area contributed by atoms with Crippen molar-refractivity contribution in [2.75, 3.05) is 25.7 Å². The van der Waals surface area contributed by atoms with E-state index in [9.17, 15) is 19.8 Å². The predicted octanol–water partition coefficient (Wildman–Crippen LogP) is 5.40. The second-order valence-electron chi connectivity index (χ2n) is 8.33. The van der Waals surface area contributed by atoms with Crippen LogP contribution < -0.4 is 19.1 Å². The second-order valence-corrected chi connectivity index (χ2v) is 8.76. The quantitative estimate of drug-likeness (QED) is 0.243. The Kier molecular flexibility index (Phi) is 7.31. The molecular formula is C28H26ClNO7. The van der Waals surface area contributed by atoms with E-state index in [1.165, 1.54) is 31.3 Å². The van der Waals surface area contributed by atoms with Gasteiger partial charge in [0.15, 0.2) is 11.5 Å². The maximum Gasteiger partial charge on any atom is 0.300 e. The number of aliphatic hydroxyl groups excluding tert-OH is 1. The molecule has 1 heterocycles. The third kappa shape index (κ3) is 4.68. The molecule has 4 rings (SSSR count). The average Bonchev–Trinajstić information content (AvgIpc) is 3.16. The molecule has 1 aliphatic heterocycles. The molecule has 9 heteroatoms. The van der Waals surface area contributed by atoms with Crippen molar-refractivity contribution in [1.29, 1.82) is 0 Å². The molecule has 37 heavy (non-hydrogen) atoms. The monoisotopic (exact) mass is 523 g/mol. The molecule has 0 aromatic heterocycles. The van der Waals surface area contributed by atoms with Crippen molar-refractivity contribution < 1.29 is 34.0 Å². The summed E-state index contributed by atoms with van der Waals surface area (Å²) in [6, 6.07) is 13.2. The van der Waals surface area contributed by atoms with Crippen molar-refractivity contribution >= 4 is 34.7 Å². The van der Waals surface area contributed by atoms with Crippen LogP contribution in [0.2, 0.25) is 5.02 Å². The zero-order valence-corrected chi connectivity index (χ0v) is 21.5. The number of carbonyl (C=O) groups is 2. The minimum absolute atomic E-state index is 0.101. The maximum absolute atomic E-state index is 13.5. The van der Waals surface area contributed by atoms with Gasteiger partial charge in [0.25, 0.3) is 11.7 Å². The van der Waals surface area contributed by atoms with Gasteiger partial charge >= 0.3 is 0 Å². The Balaban J connectivity index is 2.04. The number of benzene rings is 3. The van der Waals surface area contributed by atoms with Crippen LogP contribution in [0.3, 0.4) is 0 Å². The number of hydrogen-bond donors (Lipinski definition) is 2. The summed E-state index contributed by atoms with van der Waals surface area (Å²) in [5.74, 6) is -1.40. The summed E-state index contributed by atoms with van der Waals surface area (Å²) in [5, 5.41) is 22.2. The number of halogens is 1. The van der Waals surface area contributed by atoms with Crippen LogP contribution in [0.1, 0.15) is 29.7 Å². The van der Waals surface area contributed by atoms with E-state index in [0.717, 1.165) is 0 Å². The van der Waals surface area contributed by atoms with Crippen LogP contribution in [0.4, 0.5) is 5.69 Å². The number of rotatable bonds is 7. The summed E-state index contributed by atoms with van der Waals surface area (Å²) in [6.45, 7) is 3.84. The third-order valence-corrected chi connectivity index (χ3v) is 6.37. The van der Waals surface area contributed by atoms with Gasteiger partial charge in [-0.3, -0.25) is 14.5 Å². The van der Waals surface area contributed by atoms with E-state index < -0.39 is 23.5 Å². The second kappa shape index (κ2) is 10.4. The summed E-state index contributed by atoms with van der Waals surface area (Å²) in [7, 11) is 2.90. The van der Waals surface area contributed by atoms with Crippen LogP contribution in [0.25, 0.3) is 5.76 Å². The number of aryl methyl sites for hydroxylation is 1. The maximum atomic E-state index is 13.5. The Morgan fingerprint density at radius 2 is 1.76 bits per heavy atom. The molecule has 0 bridgehead atoms. The van der Waals surface area contributed by atoms with Gasteiger partial charge in [-0.1, -0.05) is 23.7 Å². The number of ketones is 1. The molecule has 192 valence electrons. The van der Waals surface area contributed by atoms with E-state index in [0.29, 0.717) is 27.6 Å². The van der Waals surface area contributed by atoms with Gasteiger partial charge in [-0.25, -0.2) is 0 Å². The molecule has 3 aromatic rings. The molecule has 1 fully saturated rings. The molecule has 2 N–H and O–H groups in total. The van der Waals surface area contributed by atoms with Crippen molar-refractivity contribution in [1.82, 2.24) is 0 Å². The van der Waals surface area contributed by atoms with Crippen LogP contribution in [-0.2, 0) is 9.59 Å². The highest BCUT2D eigenvalue weighted by atomic mass is 35.5. The number of hydrogen-bond acceptors (Lipinski definition) is 7. The fourth-order valence-electron chi connectivity index (χ4n) is 4.35. The van der Waals surface area contributed by atoms with Crippen LogP contribution in [-0.4, -0.2) is 42.7 Å². The van der Waals surface area contributed by atoms with Gasteiger partial charge in [-0.15, -0.1) is 0 Å². The number of anilines is 1. The van der Waals surface area contributed by atoms with Crippen LogP contribution in [0, 0.1) is 6.92 Å². The number of carbonyl (C=O) groups excluding carboxylic acids is 2. The fourth-order valence-corrected chi connectivity index (χ4v) is 4.52. The first-order valence-electron chi connectivity index (χ1n) is 11.5. The molecule has 1 atom stereocenters. The first-order valence-corrected chi connectivity index (χ1v) is 11.8. The number of aromatic hydroxyl groups is 1. The summed E-state index contributed by atoms with van der Waals surface area (Å²) < 4.78 is 16.2. The highest BCUT2D eigenvalue weighted by Crippen LogP contribution is 2.46. The lowest BCUT2D eigenvalue weighted by Gasteiger charge is -2.27. The molecule has 1 saturated heterocycles. The number of methoxy groups -OCH3 is 2. The van der Waals surface area contributed by atoms with Gasteiger partial charge in [0, 0.05) is 10.7 Å². The molecular weight excluding hydrogens is 498 g/mol. The van der Waals surface area contributed by atoms with E-state index in [-0.39, 0.29) is 35.0 Å². The Morgan fingerprint density at radius 3 is 2.43 bits per heavy atom. The Morgan fingerprint density at radius 1 is 1.00 bits per heavy atom. The number of phenolic OH excluding ortho intramolecular Hbond substituents is 1. The molecule has 1 amide bonds. The number of aliphatic hydroxyl groups is 1. The number of Topliss-reactive ketones (excluding diaryl/α,β-unsaturated/α-hetero) is 1. The van der Waals surface area contributed by atoms with E-state index in [1.807, 2.05) is 0 Å².